The molecule has 2 amide bonds. The highest BCUT2D eigenvalue weighted by Gasteiger charge is 2.39. The molecule has 2 aliphatic heterocycles. The number of carbonyl (C=O) groups is 2. The van der Waals surface area contributed by atoms with Crippen LogP contribution in [0.25, 0.3) is 17.3 Å². The standard InChI is InChI=1S/C30H31Cl2N5O4/c1-40-23-9-6-18(7-10-23)12-21-14-35(30(39)41-2)17-24-27(29(38)34-36-15-19-4-3-5-20(19)16-36)33-37(28(21)24)26-11-8-22(31)13-25(26)32/h6-13,19-20H,3-5,14-17H2,1-2H3,(H,34,38). The Morgan fingerprint density at radius 1 is 1.02 bits per heavy atom. The zero-order valence-corrected chi connectivity index (χ0v) is 24.4. The van der Waals surface area contributed by atoms with Gasteiger partial charge in [0.15, 0.2) is 5.69 Å². The largest absolute Gasteiger partial charge is 0.497 e. The van der Waals surface area contributed by atoms with Crippen molar-refractivity contribution >= 4 is 46.9 Å². The Labute approximate surface area is 248 Å². The molecule has 1 aromatic heterocycles. The zero-order chi connectivity index (χ0) is 28.7. The van der Waals surface area contributed by atoms with Crippen LogP contribution in [0.15, 0.2) is 42.5 Å². The molecule has 3 heterocycles. The third kappa shape index (κ3) is 5.41. The van der Waals surface area contributed by atoms with E-state index in [-0.39, 0.29) is 24.7 Å². The molecule has 1 aliphatic carbocycles. The fraction of sp³-hybridized carbons (Fsp3) is 0.367. The van der Waals surface area contributed by atoms with Crippen molar-refractivity contribution in [2.45, 2.75) is 25.8 Å². The number of carbonyl (C=O) groups excluding carboxylic acids is 2. The highest BCUT2D eigenvalue weighted by molar-refractivity contribution is 6.35. The maximum absolute atomic E-state index is 13.8. The Morgan fingerprint density at radius 2 is 1.76 bits per heavy atom. The molecular formula is C30H31Cl2N5O4. The lowest BCUT2D eigenvalue weighted by atomic mass is 9.97. The van der Waals surface area contributed by atoms with Gasteiger partial charge in [-0.3, -0.25) is 15.1 Å². The van der Waals surface area contributed by atoms with Crippen molar-refractivity contribution in [2.24, 2.45) is 11.8 Å². The number of hydrazine groups is 1. The topological polar surface area (TPSA) is 88.9 Å². The van der Waals surface area contributed by atoms with Crippen molar-refractivity contribution in [2.75, 3.05) is 33.9 Å². The van der Waals surface area contributed by atoms with Gasteiger partial charge >= 0.3 is 6.09 Å². The Balaban J connectivity index is 1.46. The molecule has 6 rings (SSSR count). The number of benzene rings is 2. The lowest BCUT2D eigenvalue weighted by molar-refractivity contribution is 0.0805. The second-order valence-electron chi connectivity index (χ2n) is 10.7. The van der Waals surface area contributed by atoms with Crippen LogP contribution in [0, 0.1) is 11.8 Å². The summed E-state index contributed by atoms with van der Waals surface area (Å²) in [5.74, 6) is 1.64. The van der Waals surface area contributed by atoms with Gasteiger partial charge in [0, 0.05) is 23.7 Å². The maximum Gasteiger partial charge on any atom is 0.410 e. The third-order valence-corrected chi connectivity index (χ3v) is 8.76. The van der Waals surface area contributed by atoms with Crippen LogP contribution in [-0.4, -0.2) is 65.5 Å². The van der Waals surface area contributed by atoms with E-state index in [4.69, 9.17) is 37.8 Å². The molecule has 3 aliphatic rings. The lowest BCUT2D eigenvalue weighted by Gasteiger charge is -2.29. The van der Waals surface area contributed by atoms with E-state index in [9.17, 15) is 9.59 Å². The summed E-state index contributed by atoms with van der Waals surface area (Å²) < 4.78 is 12.1. The minimum atomic E-state index is -0.493. The van der Waals surface area contributed by atoms with Gasteiger partial charge in [-0.05, 0) is 72.2 Å². The van der Waals surface area contributed by atoms with Crippen LogP contribution in [0.1, 0.15) is 46.6 Å². The normalized spacial score (nSPS) is 21.1. The van der Waals surface area contributed by atoms with Crippen LogP contribution in [0.5, 0.6) is 5.75 Å². The number of methoxy groups -OCH3 is 2. The quantitative estimate of drug-likeness (QED) is 0.408. The number of ether oxygens (including phenoxy) is 2. The van der Waals surface area contributed by atoms with Gasteiger partial charge in [-0.2, -0.15) is 5.10 Å². The van der Waals surface area contributed by atoms with E-state index >= 15 is 0 Å². The number of hydrogen-bond acceptors (Lipinski definition) is 6. The Bertz CT molecular complexity index is 1510. The first-order valence-corrected chi connectivity index (χ1v) is 14.4. The molecule has 11 heteroatoms. The van der Waals surface area contributed by atoms with E-state index in [2.05, 4.69) is 5.43 Å². The molecule has 1 N–H and O–H groups in total. The van der Waals surface area contributed by atoms with Gasteiger partial charge in [-0.15, -0.1) is 0 Å². The Kier molecular flexibility index (Phi) is 7.68. The number of nitrogens with one attached hydrogen (secondary N) is 1. The molecule has 9 nitrogen and oxygen atoms in total. The van der Waals surface area contributed by atoms with Gasteiger partial charge < -0.3 is 9.47 Å². The summed E-state index contributed by atoms with van der Waals surface area (Å²) in [6.45, 7) is 2.07. The number of fused-ring (bicyclic) bond motifs is 2. The number of nitrogens with zero attached hydrogens (tertiary/aromatic N) is 4. The molecule has 3 aromatic rings. The first-order valence-electron chi connectivity index (χ1n) is 13.7. The molecule has 2 aromatic carbocycles. The van der Waals surface area contributed by atoms with Crippen LogP contribution >= 0.6 is 23.2 Å². The highest BCUT2D eigenvalue weighted by Crippen LogP contribution is 2.38. The zero-order valence-electron chi connectivity index (χ0n) is 22.9. The second kappa shape index (κ2) is 11.4. The highest BCUT2D eigenvalue weighted by atomic mass is 35.5. The predicted molar refractivity (Wildman–Crippen MR) is 157 cm³/mol. The molecule has 41 heavy (non-hydrogen) atoms. The average Bonchev–Trinajstić information content (AvgIpc) is 3.67. The summed E-state index contributed by atoms with van der Waals surface area (Å²) in [6, 6.07) is 12.7. The molecule has 2 atom stereocenters. The van der Waals surface area contributed by atoms with Crippen molar-refractivity contribution < 1.29 is 19.1 Å². The molecule has 0 radical (unpaired) electrons. The van der Waals surface area contributed by atoms with Crippen LogP contribution in [0.4, 0.5) is 4.79 Å². The third-order valence-electron chi connectivity index (χ3n) is 8.23. The fourth-order valence-corrected chi connectivity index (χ4v) is 6.75. The monoisotopic (exact) mass is 595 g/mol. The van der Waals surface area contributed by atoms with E-state index in [0.717, 1.165) is 30.0 Å². The van der Waals surface area contributed by atoms with Crippen molar-refractivity contribution in [3.05, 3.63) is 75.0 Å². The van der Waals surface area contributed by atoms with E-state index in [1.165, 1.54) is 26.4 Å². The van der Waals surface area contributed by atoms with Crippen LogP contribution in [-0.2, 0) is 11.3 Å². The molecule has 0 bridgehead atoms. The van der Waals surface area contributed by atoms with Crippen molar-refractivity contribution in [1.29, 1.82) is 0 Å². The number of halogens is 2. The first-order chi connectivity index (χ1) is 19.8. The Morgan fingerprint density at radius 3 is 2.41 bits per heavy atom. The minimum Gasteiger partial charge on any atom is -0.497 e. The molecule has 1 saturated carbocycles. The average molecular weight is 597 g/mol. The Hall–Kier alpha value is -3.53. The lowest BCUT2D eigenvalue weighted by Crippen LogP contribution is -2.42. The predicted octanol–water partition coefficient (Wildman–Crippen LogP) is 5.69. The summed E-state index contributed by atoms with van der Waals surface area (Å²) in [6.07, 6.45) is 5.13. The van der Waals surface area contributed by atoms with Crippen LogP contribution in [0.2, 0.25) is 10.0 Å². The minimum absolute atomic E-state index is 0.154. The molecular weight excluding hydrogens is 565 g/mol. The van der Waals surface area contributed by atoms with Crippen molar-refractivity contribution in [3.8, 4) is 11.4 Å². The number of rotatable bonds is 5. The van der Waals surface area contributed by atoms with Crippen LogP contribution < -0.4 is 10.2 Å². The second-order valence-corrected chi connectivity index (χ2v) is 11.6. The molecule has 1 saturated heterocycles. The summed E-state index contributed by atoms with van der Waals surface area (Å²) in [7, 11) is 2.96. The summed E-state index contributed by atoms with van der Waals surface area (Å²) in [4.78, 5) is 28.2. The molecule has 214 valence electrons. The van der Waals surface area contributed by atoms with Gasteiger partial charge in [-0.1, -0.05) is 41.8 Å². The van der Waals surface area contributed by atoms with Gasteiger partial charge in [0.1, 0.15) is 5.75 Å². The molecule has 2 fully saturated rings. The van der Waals surface area contributed by atoms with E-state index < -0.39 is 6.09 Å². The maximum atomic E-state index is 13.8. The summed E-state index contributed by atoms with van der Waals surface area (Å²) in [5, 5.41) is 7.70. The van der Waals surface area contributed by atoms with E-state index in [1.807, 2.05) is 35.4 Å². The SMILES string of the molecule is COC(=O)N1CC(=Cc2ccc(OC)cc2)c2c(c(C(=O)NN3CC4CCCC4C3)nn2-c2ccc(Cl)cc2Cl)C1. The van der Waals surface area contributed by atoms with Gasteiger partial charge in [0.05, 0.1) is 43.7 Å². The van der Waals surface area contributed by atoms with Crippen molar-refractivity contribution in [3.63, 3.8) is 0 Å². The molecule has 0 spiro atoms. The van der Waals surface area contributed by atoms with E-state index in [1.54, 1.807) is 34.9 Å². The number of amides is 2. The van der Waals surface area contributed by atoms with Gasteiger partial charge in [0.2, 0.25) is 0 Å². The van der Waals surface area contributed by atoms with Gasteiger partial charge in [-0.25, -0.2) is 14.5 Å². The number of aromatic nitrogens is 2. The van der Waals surface area contributed by atoms with Crippen LogP contribution in [0.3, 0.4) is 0 Å². The first kappa shape index (κ1) is 27.6. The van der Waals surface area contributed by atoms with Crippen molar-refractivity contribution in [1.82, 2.24) is 25.1 Å². The number of hydrogen-bond donors (Lipinski definition) is 1. The summed E-state index contributed by atoms with van der Waals surface area (Å²) >= 11 is 12.9. The van der Waals surface area contributed by atoms with Gasteiger partial charge in [0.25, 0.3) is 5.91 Å². The molecule has 2 unspecified atom stereocenters. The van der Waals surface area contributed by atoms with E-state index in [0.29, 0.717) is 38.8 Å². The fourth-order valence-electron chi connectivity index (χ4n) is 6.26. The smallest absolute Gasteiger partial charge is 0.410 e. The summed E-state index contributed by atoms with van der Waals surface area (Å²) in [5.41, 5.74) is 6.89.